The largest absolute Gasteiger partial charge is 0.395 e. The second kappa shape index (κ2) is 7.60. The maximum Gasteiger partial charge on any atom is 0.336 e. The van der Waals surface area contributed by atoms with E-state index in [4.69, 9.17) is 8.85 Å². The van der Waals surface area contributed by atoms with Gasteiger partial charge in [0.2, 0.25) is 0 Å². The molecule has 0 aromatic carbocycles. The molecule has 0 amide bonds. The molecule has 4 nitrogen and oxygen atoms in total. The molecule has 0 radical (unpaired) electrons. The van der Waals surface area contributed by atoms with Crippen LogP contribution < -0.4 is 0 Å². The third-order valence-electron chi connectivity index (χ3n) is 3.73. The topological polar surface area (TPSA) is 24.9 Å². The highest BCUT2D eigenvalue weighted by Gasteiger charge is 2.35. The summed E-state index contributed by atoms with van der Waals surface area (Å²) >= 11 is 0. The fraction of sp³-hybridized carbons (Fsp3) is 1.00. The molecule has 1 atom stereocenters. The van der Waals surface area contributed by atoms with Gasteiger partial charge in [-0.15, -0.1) is 0 Å². The molecule has 0 spiro atoms. The Labute approximate surface area is 113 Å². The Balaban J connectivity index is 2.47. The predicted molar refractivity (Wildman–Crippen MR) is 78.2 cm³/mol. The molecule has 1 saturated heterocycles. The Bertz CT molecular complexity index is 227. The van der Waals surface area contributed by atoms with Gasteiger partial charge in [0.1, 0.15) is 0 Å². The number of likely N-dealkylation sites (N-methyl/N-ethyl adjacent to an activating group) is 1. The molecule has 1 fully saturated rings. The second-order valence-electron chi connectivity index (χ2n) is 5.39. The Morgan fingerprint density at radius 1 is 1.06 bits per heavy atom. The zero-order valence-electron chi connectivity index (χ0n) is 12.7. The summed E-state index contributed by atoms with van der Waals surface area (Å²) in [5.41, 5.74) is 0. The van der Waals surface area contributed by atoms with E-state index in [-0.39, 0.29) is 0 Å². The summed E-state index contributed by atoms with van der Waals surface area (Å²) < 4.78 is 11.9. The third-order valence-corrected chi connectivity index (χ3v) is 6.86. The van der Waals surface area contributed by atoms with Crippen molar-refractivity contribution >= 4 is 8.56 Å². The quantitative estimate of drug-likeness (QED) is 0.661. The molecule has 0 aliphatic carbocycles. The van der Waals surface area contributed by atoms with Crippen molar-refractivity contribution in [3.05, 3.63) is 0 Å². The molecule has 5 heteroatoms. The van der Waals surface area contributed by atoms with Gasteiger partial charge in [0, 0.05) is 51.5 Å². The molecule has 1 rings (SSSR count). The Morgan fingerprint density at radius 3 is 2.00 bits per heavy atom. The molecule has 1 heterocycles. The lowest BCUT2D eigenvalue weighted by atomic mass is 10.2. The fourth-order valence-electron chi connectivity index (χ4n) is 2.70. The minimum atomic E-state index is -1.97. The molecule has 0 bridgehead atoms. The summed E-state index contributed by atoms with van der Waals surface area (Å²) in [6.07, 6.45) is 0. The average molecular weight is 274 g/mol. The van der Waals surface area contributed by atoms with E-state index >= 15 is 0 Å². The monoisotopic (exact) mass is 274 g/mol. The summed E-state index contributed by atoms with van der Waals surface area (Å²) in [7, 11) is 0.227. The molecule has 0 saturated carbocycles. The van der Waals surface area contributed by atoms with Crippen LogP contribution in [-0.4, -0.2) is 70.8 Å². The molecular weight excluding hydrogens is 244 g/mol. The molecule has 108 valence electrons. The summed E-state index contributed by atoms with van der Waals surface area (Å²) in [5.74, 6) is 0. The molecule has 1 unspecified atom stereocenters. The number of rotatable bonds is 7. The van der Waals surface area contributed by atoms with E-state index < -0.39 is 8.56 Å². The smallest absolute Gasteiger partial charge is 0.336 e. The van der Waals surface area contributed by atoms with Crippen LogP contribution in [0, 0.1) is 0 Å². The van der Waals surface area contributed by atoms with Crippen molar-refractivity contribution in [3.63, 3.8) is 0 Å². The zero-order chi connectivity index (χ0) is 13.6. The van der Waals surface area contributed by atoms with Gasteiger partial charge in [0.25, 0.3) is 0 Å². The van der Waals surface area contributed by atoms with Crippen LogP contribution in [0.4, 0.5) is 0 Å². The Kier molecular flexibility index (Phi) is 6.80. The highest BCUT2D eigenvalue weighted by Crippen LogP contribution is 2.20. The van der Waals surface area contributed by atoms with Gasteiger partial charge in [-0.05, 0) is 34.4 Å². The summed E-state index contributed by atoms with van der Waals surface area (Å²) in [6, 6.07) is 1.63. The van der Waals surface area contributed by atoms with Crippen LogP contribution in [0.25, 0.3) is 0 Å². The minimum absolute atomic E-state index is 0.563. The highest BCUT2D eigenvalue weighted by atomic mass is 28.4. The van der Waals surface area contributed by atoms with Gasteiger partial charge in [-0.3, -0.25) is 4.90 Å². The highest BCUT2D eigenvalue weighted by molar-refractivity contribution is 6.66. The first kappa shape index (κ1) is 16.1. The van der Waals surface area contributed by atoms with Gasteiger partial charge in [0.05, 0.1) is 0 Å². The average Bonchev–Trinajstić information content (AvgIpc) is 2.30. The first-order valence-corrected chi connectivity index (χ1v) is 9.73. The van der Waals surface area contributed by atoms with Crippen molar-refractivity contribution < 1.29 is 8.85 Å². The van der Waals surface area contributed by atoms with Gasteiger partial charge < -0.3 is 13.8 Å². The molecule has 0 aromatic rings. The van der Waals surface area contributed by atoms with Crippen LogP contribution in [0.15, 0.2) is 0 Å². The molecule has 0 aromatic heterocycles. The molecule has 0 N–H and O–H groups in total. The minimum Gasteiger partial charge on any atom is -0.395 e. The van der Waals surface area contributed by atoms with E-state index in [0.29, 0.717) is 6.04 Å². The van der Waals surface area contributed by atoms with E-state index in [9.17, 15) is 0 Å². The molecule has 1 aliphatic rings. The van der Waals surface area contributed by atoms with E-state index in [2.05, 4.69) is 44.2 Å². The van der Waals surface area contributed by atoms with E-state index in [1.165, 1.54) is 26.2 Å². The predicted octanol–water partition coefficient (Wildman–Crippen LogP) is 1.77. The van der Waals surface area contributed by atoms with Gasteiger partial charge in [0.15, 0.2) is 0 Å². The fourth-order valence-corrected chi connectivity index (χ4v) is 5.57. The Morgan fingerprint density at radius 2 is 1.56 bits per heavy atom. The lowest BCUT2D eigenvalue weighted by Gasteiger charge is -2.39. The van der Waals surface area contributed by atoms with E-state index in [0.717, 1.165) is 19.3 Å². The molecule has 18 heavy (non-hydrogen) atoms. The maximum absolute atomic E-state index is 5.93. The number of nitrogens with zero attached hydrogens (tertiary/aromatic N) is 2. The first-order valence-electron chi connectivity index (χ1n) is 7.21. The molecule has 1 aliphatic heterocycles. The zero-order valence-corrected chi connectivity index (χ0v) is 13.7. The standard InChI is InChI=1S/C13H30N2O2Si/c1-6-16-18(5,17-7-2)12-13(3)15-10-8-14(4)9-11-15/h13H,6-12H2,1-5H3. The van der Waals surface area contributed by atoms with Gasteiger partial charge in [-0.1, -0.05) is 0 Å². The van der Waals surface area contributed by atoms with E-state index in [1.807, 2.05) is 0 Å². The number of piperazine rings is 1. The second-order valence-corrected chi connectivity index (χ2v) is 8.65. The third kappa shape index (κ3) is 4.97. The lowest BCUT2D eigenvalue weighted by molar-refractivity contribution is 0.114. The van der Waals surface area contributed by atoms with Crippen LogP contribution >= 0.6 is 0 Å². The van der Waals surface area contributed by atoms with Crippen LogP contribution in [0.5, 0.6) is 0 Å². The van der Waals surface area contributed by atoms with Gasteiger partial charge in [-0.2, -0.15) is 0 Å². The maximum atomic E-state index is 5.93. The Hall–Kier alpha value is 0.0569. The summed E-state index contributed by atoms with van der Waals surface area (Å²) in [4.78, 5) is 4.97. The van der Waals surface area contributed by atoms with Crippen LogP contribution in [0.1, 0.15) is 20.8 Å². The van der Waals surface area contributed by atoms with Crippen molar-refractivity contribution in [2.75, 3.05) is 46.4 Å². The van der Waals surface area contributed by atoms with Gasteiger partial charge in [-0.25, -0.2) is 0 Å². The number of hydrogen-bond acceptors (Lipinski definition) is 4. The van der Waals surface area contributed by atoms with Crippen molar-refractivity contribution in [1.82, 2.24) is 9.80 Å². The van der Waals surface area contributed by atoms with Crippen molar-refractivity contribution in [3.8, 4) is 0 Å². The van der Waals surface area contributed by atoms with Crippen molar-refractivity contribution in [1.29, 1.82) is 0 Å². The van der Waals surface area contributed by atoms with E-state index in [1.54, 1.807) is 0 Å². The number of hydrogen-bond donors (Lipinski definition) is 0. The van der Waals surface area contributed by atoms with Gasteiger partial charge >= 0.3 is 8.56 Å². The lowest BCUT2D eigenvalue weighted by Crippen LogP contribution is -2.51. The van der Waals surface area contributed by atoms with Crippen LogP contribution in [-0.2, 0) is 8.85 Å². The summed E-state index contributed by atoms with van der Waals surface area (Å²) in [5, 5.41) is 0. The van der Waals surface area contributed by atoms with Crippen molar-refractivity contribution in [2.45, 2.75) is 39.4 Å². The normalized spacial score (nSPS) is 21.2. The summed E-state index contributed by atoms with van der Waals surface area (Å²) in [6.45, 7) is 14.8. The van der Waals surface area contributed by atoms with Crippen molar-refractivity contribution in [2.24, 2.45) is 0 Å². The SMILES string of the molecule is CCO[Si](C)(CC(C)N1CCN(C)CC1)OCC. The van der Waals surface area contributed by atoms with Crippen LogP contribution in [0.3, 0.4) is 0 Å². The molecular formula is C13H30N2O2Si. The van der Waals surface area contributed by atoms with Crippen LogP contribution in [0.2, 0.25) is 12.6 Å². The first-order chi connectivity index (χ1) is 8.50.